The number of rotatable bonds is 4. The molecule has 20 heavy (non-hydrogen) atoms. The molecule has 0 radical (unpaired) electrons. The molecule has 2 rings (SSSR count). The Hall–Kier alpha value is -2.14. The van der Waals surface area contributed by atoms with E-state index in [2.05, 4.69) is 15.3 Å². The first-order valence-corrected chi connectivity index (χ1v) is 6.58. The Morgan fingerprint density at radius 3 is 2.95 bits per heavy atom. The third kappa shape index (κ3) is 3.24. The highest BCUT2D eigenvalue weighted by atomic mass is 35.5. The molecule has 2 heterocycles. The molecular weight excluding hydrogens is 278 g/mol. The molecule has 0 spiro atoms. The van der Waals surface area contributed by atoms with Crippen molar-refractivity contribution in [3.63, 3.8) is 0 Å². The molecule has 5 nitrogen and oxygen atoms in total. The third-order valence-corrected chi connectivity index (χ3v) is 3.18. The number of pyridine rings is 2. The maximum absolute atomic E-state index is 12.0. The number of carbonyl (C=O) groups is 1. The van der Waals surface area contributed by atoms with Crippen LogP contribution in [0.1, 0.15) is 28.5 Å². The molecule has 2 N–H and O–H groups in total. The first-order valence-electron chi connectivity index (χ1n) is 6.20. The fraction of sp³-hybridized carbons (Fsp3) is 0.214. The third-order valence-electron chi connectivity index (χ3n) is 2.84. The molecule has 0 atom stereocenters. The molecule has 0 saturated carbocycles. The molecule has 104 valence electrons. The highest BCUT2D eigenvalue weighted by molar-refractivity contribution is 6.31. The average Bonchev–Trinajstić information content (AvgIpc) is 2.47. The number of hydrogen-bond acceptors (Lipinski definition) is 3. The van der Waals surface area contributed by atoms with Gasteiger partial charge in [0.15, 0.2) is 0 Å². The molecule has 0 fully saturated rings. The van der Waals surface area contributed by atoms with E-state index in [0.717, 1.165) is 5.56 Å². The summed E-state index contributed by atoms with van der Waals surface area (Å²) in [5, 5.41) is 3.05. The van der Waals surface area contributed by atoms with Gasteiger partial charge in [-0.2, -0.15) is 0 Å². The van der Waals surface area contributed by atoms with Crippen molar-refractivity contribution in [3.8, 4) is 0 Å². The van der Waals surface area contributed by atoms with Crippen LogP contribution in [0.25, 0.3) is 0 Å². The van der Waals surface area contributed by atoms with Gasteiger partial charge in [-0.25, -0.2) is 0 Å². The highest BCUT2D eigenvalue weighted by Crippen LogP contribution is 2.13. The second kappa shape index (κ2) is 6.34. The Balaban J connectivity index is 2.14. The number of hydrogen-bond donors (Lipinski definition) is 2. The number of aromatic nitrogens is 2. The largest absolute Gasteiger partial charge is 0.348 e. The van der Waals surface area contributed by atoms with Gasteiger partial charge in [0.05, 0.1) is 5.02 Å². The van der Waals surface area contributed by atoms with Gasteiger partial charge in [0, 0.05) is 24.6 Å². The standard InChI is InChI=1S/C14H14ClN3O2/c1-2-12-11(15)6-10(14(20)18-12)13(19)17-8-9-4-3-5-16-7-9/h3-7H,2,8H2,1H3,(H,17,19)(H,18,20). The molecule has 0 unspecified atom stereocenters. The van der Waals surface area contributed by atoms with E-state index >= 15 is 0 Å². The van der Waals surface area contributed by atoms with Gasteiger partial charge >= 0.3 is 0 Å². The van der Waals surface area contributed by atoms with Gasteiger partial charge in [0.2, 0.25) is 0 Å². The summed E-state index contributed by atoms with van der Waals surface area (Å²) in [6.07, 6.45) is 3.91. The van der Waals surface area contributed by atoms with Crippen molar-refractivity contribution in [1.82, 2.24) is 15.3 Å². The molecule has 0 aliphatic carbocycles. The maximum atomic E-state index is 12.0. The van der Waals surface area contributed by atoms with Crippen molar-refractivity contribution < 1.29 is 4.79 Å². The van der Waals surface area contributed by atoms with Crippen molar-refractivity contribution >= 4 is 17.5 Å². The van der Waals surface area contributed by atoms with Crippen LogP contribution in [0.15, 0.2) is 35.4 Å². The number of nitrogens with zero attached hydrogens (tertiary/aromatic N) is 1. The Morgan fingerprint density at radius 1 is 1.50 bits per heavy atom. The number of carbonyl (C=O) groups excluding carboxylic acids is 1. The smallest absolute Gasteiger partial charge is 0.261 e. The summed E-state index contributed by atoms with van der Waals surface area (Å²) in [6, 6.07) is 5.02. The summed E-state index contributed by atoms with van der Waals surface area (Å²) in [7, 11) is 0. The fourth-order valence-electron chi connectivity index (χ4n) is 1.75. The van der Waals surface area contributed by atoms with Gasteiger partial charge in [-0.05, 0) is 24.1 Å². The molecule has 2 aromatic heterocycles. The topological polar surface area (TPSA) is 74.8 Å². The van der Waals surface area contributed by atoms with Gasteiger partial charge in [0.1, 0.15) is 5.56 Å². The molecule has 0 aliphatic heterocycles. The SMILES string of the molecule is CCc1[nH]c(=O)c(C(=O)NCc2cccnc2)cc1Cl. The van der Waals surface area contributed by atoms with Crippen LogP contribution in [0.4, 0.5) is 0 Å². The number of aryl methyl sites for hydroxylation is 1. The van der Waals surface area contributed by atoms with E-state index in [1.807, 2.05) is 13.0 Å². The molecule has 1 amide bonds. The number of halogens is 1. The molecule has 2 aromatic rings. The molecule has 6 heteroatoms. The zero-order valence-corrected chi connectivity index (χ0v) is 11.7. The average molecular weight is 292 g/mol. The Bertz CT molecular complexity index is 668. The summed E-state index contributed by atoms with van der Waals surface area (Å²) in [4.78, 5) is 30.4. The number of H-pyrrole nitrogens is 1. The molecular formula is C14H14ClN3O2. The van der Waals surface area contributed by atoms with Crippen molar-refractivity contribution in [1.29, 1.82) is 0 Å². The quantitative estimate of drug-likeness (QED) is 0.903. The second-order valence-electron chi connectivity index (χ2n) is 4.24. The van der Waals surface area contributed by atoms with E-state index in [-0.39, 0.29) is 5.56 Å². The second-order valence-corrected chi connectivity index (χ2v) is 4.64. The van der Waals surface area contributed by atoms with Gasteiger partial charge in [-0.1, -0.05) is 24.6 Å². The number of nitrogens with one attached hydrogen (secondary N) is 2. The van der Waals surface area contributed by atoms with E-state index < -0.39 is 11.5 Å². The molecule has 0 saturated heterocycles. The van der Waals surface area contributed by atoms with Gasteiger partial charge in [0.25, 0.3) is 11.5 Å². The lowest BCUT2D eigenvalue weighted by Gasteiger charge is -2.06. The molecule has 0 bridgehead atoms. The predicted octanol–water partition coefficient (Wildman–Crippen LogP) is 1.92. The van der Waals surface area contributed by atoms with Crippen LogP contribution in [0.2, 0.25) is 5.02 Å². The van der Waals surface area contributed by atoms with E-state index in [9.17, 15) is 9.59 Å². The minimum absolute atomic E-state index is 0.0103. The summed E-state index contributed by atoms with van der Waals surface area (Å²) in [5.74, 6) is -0.459. The van der Waals surface area contributed by atoms with Crippen LogP contribution >= 0.6 is 11.6 Å². The highest BCUT2D eigenvalue weighted by Gasteiger charge is 2.13. The van der Waals surface area contributed by atoms with E-state index in [0.29, 0.717) is 23.7 Å². The zero-order valence-electron chi connectivity index (χ0n) is 10.9. The van der Waals surface area contributed by atoms with Crippen LogP contribution in [0.3, 0.4) is 0 Å². The normalized spacial score (nSPS) is 10.3. The lowest BCUT2D eigenvalue weighted by atomic mass is 10.2. The van der Waals surface area contributed by atoms with Gasteiger partial charge in [-0.15, -0.1) is 0 Å². The lowest BCUT2D eigenvalue weighted by Crippen LogP contribution is -2.29. The van der Waals surface area contributed by atoms with Gasteiger partial charge in [-0.3, -0.25) is 14.6 Å². The zero-order chi connectivity index (χ0) is 14.5. The summed E-state index contributed by atoms with van der Waals surface area (Å²) in [6.45, 7) is 2.18. The predicted molar refractivity (Wildman–Crippen MR) is 76.9 cm³/mol. The monoisotopic (exact) mass is 291 g/mol. The van der Waals surface area contributed by atoms with Crippen LogP contribution in [0, 0.1) is 0 Å². The van der Waals surface area contributed by atoms with Crippen LogP contribution in [0.5, 0.6) is 0 Å². The van der Waals surface area contributed by atoms with Gasteiger partial charge < -0.3 is 10.3 Å². The first-order chi connectivity index (χ1) is 9.61. The van der Waals surface area contributed by atoms with Crippen molar-refractivity contribution in [2.75, 3.05) is 0 Å². The Morgan fingerprint density at radius 2 is 2.30 bits per heavy atom. The summed E-state index contributed by atoms with van der Waals surface area (Å²) >= 11 is 6.00. The van der Waals surface area contributed by atoms with Crippen LogP contribution in [-0.2, 0) is 13.0 Å². The first kappa shape index (κ1) is 14.3. The molecule has 0 aromatic carbocycles. The number of amides is 1. The molecule has 0 aliphatic rings. The Kier molecular flexibility index (Phi) is 4.53. The summed E-state index contributed by atoms with van der Waals surface area (Å²) in [5.41, 5.74) is 1.06. The van der Waals surface area contributed by atoms with Crippen LogP contribution < -0.4 is 10.9 Å². The number of aromatic amines is 1. The van der Waals surface area contributed by atoms with Crippen molar-refractivity contribution in [2.45, 2.75) is 19.9 Å². The fourth-order valence-corrected chi connectivity index (χ4v) is 2.04. The maximum Gasteiger partial charge on any atom is 0.261 e. The van der Waals surface area contributed by atoms with Crippen molar-refractivity contribution in [2.24, 2.45) is 0 Å². The van der Waals surface area contributed by atoms with E-state index in [4.69, 9.17) is 11.6 Å². The Labute approximate surface area is 121 Å². The van der Waals surface area contributed by atoms with Crippen molar-refractivity contribution in [3.05, 3.63) is 62.8 Å². The minimum atomic E-state index is -0.459. The van der Waals surface area contributed by atoms with E-state index in [1.165, 1.54) is 6.07 Å². The van der Waals surface area contributed by atoms with Crippen LogP contribution in [-0.4, -0.2) is 15.9 Å². The minimum Gasteiger partial charge on any atom is -0.348 e. The summed E-state index contributed by atoms with van der Waals surface area (Å²) < 4.78 is 0. The lowest BCUT2D eigenvalue weighted by molar-refractivity contribution is 0.0949. The van der Waals surface area contributed by atoms with E-state index in [1.54, 1.807) is 18.5 Å².